The summed E-state index contributed by atoms with van der Waals surface area (Å²) in [6.07, 6.45) is 1.68. The van der Waals surface area contributed by atoms with Crippen molar-refractivity contribution in [2.24, 2.45) is 0 Å². The normalized spacial score (nSPS) is 10.5. The Bertz CT molecular complexity index is 537. The molecule has 0 aliphatic heterocycles. The van der Waals surface area contributed by atoms with E-state index < -0.39 is 0 Å². The number of amides is 1. The molecule has 0 spiro atoms. The molecule has 0 radical (unpaired) electrons. The lowest BCUT2D eigenvalue weighted by molar-refractivity contribution is -0.120. The van der Waals surface area contributed by atoms with Gasteiger partial charge in [-0.1, -0.05) is 18.2 Å². The Hall–Kier alpha value is -1.98. The number of nitrogens with one attached hydrogen (secondary N) is 1. The van der Waals surface area contributed by atoms with Crippen LogP contribution in [0.25, 0.3) is 10.9 Å². The molecular formula is C13H14N2O3. The van der Waals surface area contributed by atoms with E-state index in [1.165, 1.54) is 0 Å². The molecule has 5 nitrogen and oxygen atoms in total. The standard InChI is InChI=1S/C13H14N2O3/c16-7-8-18-9-12(17)15-11-5-1-3-10-4-2-6-14-13(10)11/h1-6,16H,7-9H2,(H,15,17). The first kappa shape index (κ1) is 12.5. The molecule has 94 valence electrons. The predicted octanol–water partition coefficient (Wildman–Crippen LogP) is 1.18. The van der Waals surface area contributed by atoms with Crippen molar-refractivity contribution >= 4 is 22.5 Å². The van der Waals surface area contributed by atoms with Crippen LogP contribution in [0.2, 0.25) is 0 Å². The average molecular weight is 246 g/mol. The monoisotopic (exact) mass is 246 g/mol. The molecule has 0 atom stereocenters. The zero-order valence-electron chi connectivity index (χ0n) is 9.80. The zero-order valence-corrected chi connectivity index (χ0v) is 9.80. The van der Waals surface area contributed by atoms with Crippen molar-refractivity contribution in [3.8, 4) is 0 Å². The van der Waals surface area contributed by atoms with Gasteiger partial charge in [-0.15, -0.1) is 0 Å². The molecule has 18 heavy (non-hydrogen) atoms. The van der Waals surface area contributed by atoms with Gasteiger partial charge in [0.1, 0.15) is 6.61 Å². The maximum atomic E-state index is 11.6. The van der Waals surface area contributed by atoms with Gasteiger partial charge in [-0.2, -0.15) is 0 Å². The number of para-hydroxylation sites is 1. The number of fused-ring (bicyclic) bond motifs is 1. The second-order valence-electron chi connectivity index (χ2n) is 3.71. The van der Waals surface area contributed by atoms with E-state index in [4.69, 9.17) is 9.84 Å². The molecule has 1 amide bonds. The van der Waals surface area contributed by atoms with Gasteiger partial charge in [-0.25, -0.2) is 0 Å². The number of aromatic nitrogens is 1. The van der Waals surface area contributed by atoms with Crippen molar-refractivity contribution in [3.63, 3.8) is 0 Å². The molecule has 5 heteroatoms. The zero-order chi connectivity index (χ0) is 12.8. The van der Waals surface area contributed by atoms with Gasteiger partial charge in [0.2, 0.25) is 5.91 Å². The fraction of sp³-hybridized carbons (Fsp3) is 0.231. The number of benzene rings is 1. The van der Waals surface area contributed by atoms with Crippen LogP contribution in [0.5, 0.6) is 0 Å². The molecule has 0 fully saturated rings. The number of rotatable bonds is 5. The van der Waals surface area contributed by atoms with E-state index in [1.54, 1.807) is 12.3 Å². The van der Waals surface area contributed by atoms with Crippen LogP contribution in [-0.4, -0.2) is 35.8 Å². The molecule has 1 aromatic carbocycles. The maximum absolute atomic E-state index is 11.6. The highest BCUT2D eigenvalue weighted by Crippen LogP contribution is 2.20. The van der Waals surface area contributed by atoms with Gasteiger partial charge in [0, 0.05) is 11.6 Å². The molecule has 2 aromatic rings. The summed E-state index contributed by atoms with van der Waals surface area (Å²) in [5, 5.41) is 12.2. The summed E-state index contributed by atoms with van der Waals surface area (Å²) in [5.41, 5.74) is 1.40. The quantitative estimate of drug-likeness (QED) is 0.777. The molecule has 0 saturated carbocycles. The number of nitrogens with zero attached hydrogens (tertiary/aromatic N) is 1. The van der Waals surface area contributed by atoms with Crippen LogP contribution in [0.4, 0.5) is 5.69 Å². The van der Waals surface area contributed by atoms with E-state index in [0.29, 0.717) is 5.69 Å². The van der Waals surface area contributed by atoms with E-state index >= 15 is 0 Å². The number of aliphatic hydroxyl groups is 1. The molecular weight excluding hydrogens is 232 g/mol. The Morgan fingerprint density at radius 1 is 1.33 bits per heavy atom. The van der Waals surface area contributed by atoms with Gasteiger partial charge in [0.05, 0.1) is 24.4 Å². The number of hydrogen-bond acceptors (Lipinski definition) is 4. The lowest BCUT2D eigenvalue weighted by Gasteiger charge is -2.07. The number of carbonyl (C=O) groups is 1. The molecule has 2 rings (SSSR count). The summed E-state index contributed by atoms with van der Waals surface area (Å²) in [4.78, 5) is 15.8. The Kier molecular flexibility index (Phi) is 4.22. The summed E-state index contributed by atoms with van der Waals surface area (Å²) in [5.74, 6) is -0.262. The lowest BCUT2D eigenvalue weighted by atomic mass is 10.2. The minimum atomic E-state index is -0.262. The highest BCUT2D eigenvalue weighted by atomic mass is 16.5. The van der Waals surface area contributed by atoms with E-state index in [0.717, 1.165) is 10.9 Å². The number of anilines is 1. The molecule has 0 aliphatic carbocycles. The first-order valence-corrected chi connectivity index (χ1v) is 5.63. The fourth-order valence-electron chi connectivity index (χ4n) is 1.62. The third kappa shape index (κ3) is 3.03. The molecule has 0 unspecified atom stereocenters. The second kappa shape index (κ2) is 6.09. The summed E-state index contributed by atoms with van der Waals surface area (Å²) >= 11 is 0. The molecule has 2 N–H and O–H groups in total. The fourth-order valence-corrected chi connectivity index (χ4v) is 1.62. The molecule has 0 saturated heterocycles. The Morgan fingerprint density at radius 3 is 3.00 bits per heavy atom. The first-order valence-electron chi connectivity index (χ1n) is 5.63. The van der Waals surface area contributed by atoms with Crippen molar-refractivity contribution in [2.75, 3.05) is 25.1 Å². The smallest absolute Gasteiger partial charge is 0.250 e. The van der Waals surface area contributed by atoms with Crippen LogP contribution in [-0.2, 0) is 9.53 Å². The van der Waals surface area contributed by atoms with Gasteiger partial charge >= 0.3 is 0 Å². The molecule has 1 heterocycles. The highest BCUT2D eigenvalue weighted by molar-refractivity contribution is 6.00. The number of carbonyl (C=O) groups excluding carboxylic acids is 1. The van der Waals surface area contributed by atoms with Crippen LogP contribution in [0, 0.1) is 0 Å². The first-order chi connectivity index (χ1) is 8.81. The van der Waals surface area contributed by atoms with Crippen molar-refractivity contribution < 1.29 is 14.6 Å². The highest BCUT2D eigenvalue weighted by Gasteiger charge is 2.06. The van der Waals surface area contributed by atoms with Crippen LogP contribution in [0.3, 0.4) is 0 Å². The summed E-state index contributed by atoms with van der Waals surface area (Å²) < 4.78 is 4.95. The third-order valence-corrected chi connectivity index (χ3v) is 2.38. The van der Waals surface area contributed by atoms with Gasteiger partial charge < -0.3 is 15.2 Å². The lowest BCUT2D eigenvalue weighted by Crippen LogP contribution is -2.19. The topological polar surface area (TPSA) is 71.5 Å². The number of pyridine rings is 1. The average Bonchev–Trinajstić information content (AvgIpc) is 2.39. The largest absolute Gasteiger partial charge is 0.394 e. The van der Waals surface area contributed by atoms with Crippen molar-refractivity contribution in [3.05, 3.63) is 36.5 Å². The summed E-state index contributed by atoms with van der Waals surface area (Å²) in [7, 11) is 0. The van der Waals surface area contributed by atoms with E-state index in [-0.39, 0.29) is 25.7 Å². The Balaban J connectivity index is 2.09. The van der Waals surface area contributed by atoms with Crippen molar-refractivity contribution in [2.45, 2.75) is 0 Å². The van der Waals surface area contributed by atoms with E-state index in [2.05, 4.69) is 10.3 Å². The van der Waals surface area contributed by atoms with Crippen LogP contribution in [0.1, 0.15) is 0 Å². The molecule has 0 aliphatic rings. The van der Waals surface area contributed by atoms with Gasteiger partial charge in [-0.3, -0.25) is 9.78 Å². The van der Waals surface area contributed by atoms with E-state index in [9.17, 15) is 4.79 Å². The molecule has 0 bridgehead atoms. The minimum absolute atomic E-state index is 0.0796. The maximum Gasteiger partial charge on any atom is 0.250 e. The number of hydrogen-bond donors (Lipinski definition) is 2. The number of ether oxygens (including phenoxy) is 1. The number of aliphatic hydroxyl groups excluding tert-OH is 1. The Morgan fingerprint density at radius 2 is 2.17 bits per heavy atom. The van der Waals surface area contributed by atoms with E-state index in [1.807, 2.05) is 24.3 Å². The van der Waals surface area contributed by atoms with Crippen LogP contribution in [0.15, 0.2) is 36.5 Å². The second-order valence-corrected chi connectivity index (χ2v) is 3.71. The van der Waals surface area contributed by atoms with Crippen LogP contribution < -0.4 is 5.32 Å². The minimum Gasteiger partial charge on any atom is -0.394 e. The van der Waals surface area contributed by atoms with Gasteiger partial charge in [-0.05, 0) is 12.1 Å². The summed E-state index contributed by atoms with van der Waals surface area (Å²) in [6, 6.07) is 9.35. The molecule has 1 aromatic heterocycles. The summed E-state index contributed by atoms with van der Waals surface area (Å²) in [6.45, 7) is -0.0198. The van der Waals surface area contributed by atoms with Crippen molar-refractivity contribution in [1.29, 1.82) is 0 Å². The SMILES string of the molecule is O=C(COCCO)Nc1cccc2cccnc12. The third-order valence-electron chi connectivity index (χ3n) is 2.38. The van der Waals surface area contributed by atoms with Gasteiger partial charge in [0.15, 0.2) is 0 Å². The Labute approximate surface area is 104 Å². The van der Waals surface area contributed by atoms with Crippen LogP contribution >= 0.6 is 0 Å². The van der Waals surface area contributed by atoms with Gasteiger partial charge in [0.25, 0.3) is 0 Å². The van der Waals surface area contributed by atoms with Crippen molar-refractivity contribution in [1.82, 2.24) is 4.98 Å². The predicted molar refractivity (Wildman–Crippen MR) is 68.3 cm³/mol.